The summed E-state index contributed by atoms with van der Waals surface area (Å²) < 4.78 is 12.7. The Morgan fingerprint density at radius 2 is 2.32 bits per heavy atom. The maximum atomic E-state index is 5.47. The van der Waals surface area contributed by atoms with Gasteiger partial charge in [-0.2, -0.15) is 5.10 Å². The number of fused-ring (bicyclic) bond motifs is 1. The maximum absolute atomic E-state index is 5.47. The minimum atomic E-state index is 0.321. The molecule has 0 amide bonds. The third-order valence-electron chi connectivity index (χ3n) is 3.14. The molecule has 1 aromatic carbocycles. The van der Waals surface area contributed by atoms with Crippen LogP contribution in [0.15, 0.2) is 30.6 Å². The average Bonchev–Trinajstić information content (AvgIpc) is 3.03. The van der Waals surface area contributed by atoms with Crippen molar-refractivity contribution >= 4 is 0 Å². The average molecular weight is 259 g/mol. The molecule has 1 aromatic heterocycles. The highest BCUT2D eigenvalue weighted by Gasteiger charge is 2.16. The second-order valence-electron chi connectivity index (χ2n) is 4.60. The van der Waals surface area contributed by atoms with E-state index in [1.54, 1.807) is 0 Å². The van der Waals surface area contributed by atoms with Crippen LogP contribution in [-0.2, 0) is 20.0 Å². The monoisotopic (exact) mass is 259 g/mol. The molecule has 0 unspecified atom stereocenters. The number of nitrogens with one attached hydrogen (secondary N) is 1. The summed E-state index contributed by atoms with van der Waals surface area (Å²) in [5.41, 5.74) is 2.38. The zero-order valence-electron chi connectivity index (χ0n) is 10.9. The first-order chi connectivity index (χ1) is 9.33. The fourth-order valence-electron chi connectivity index (χ4n) is 2.19. The Morgan fingerprint density at radius 3 is 3.16 bits per heavy atom. The van der Waals surface area contributed by atoms with Crippen LogP contribution in [-0.4, -0.2) is 23.1 Å². The molecule has 0 spiro atoms. The van der Waals surface area contributed by atoms with Gasteiger partial charge in [0.15, 0.2) is 11.5 Å². The van der Waals surface area contributed by atoms with Crippen molar-refractivity contribution in [3.8, 4) is 11.5 Å². The number of para-hydroxylation sites is 1. The van der Waals surface area contributed by atoms with Gasteiger partial charge in [-0.05, 0) is 24.6 Å². The molecule has 0 atom stereocenters. The molecule has 0 radical (unpaired) electrons. The number of nitrogens with zero attached hydrogens (tertiary/aromatic N) is 2. The van der Waals surface area contributed by atoms with E-state index >= 15 is 0 Å². The van der Waals surface area contributed by atoms with Gasteiger partial charge in [0.05, 0.1) is 6.20 Å². The van der Waals surface area contributed by atoms with Crippen LogP contribution in [0, 0.1) is 0 Å². The molecule has 5 nitrogen and oxygen atoms in total. The van der Waals surface area contributed by atoms with E-state index in [0.29, 0.717) is 6.79 Å². The van der Waals surface area contributed by atoms with Gasteiger partial charge in [0.2, 0.25) is 6.79 Å². The van der Waals surface area contributed by atoms with E-state index in [0.717, 1.165) is 36.6 Å². The van der Waals surface area contributed by atoms with Crippen LogP contribution < -0.4 is 14.8 Å². The molecule has 1 aliphatic heterocycles. The SMILES string of the molecule is Cn1cc(CCNCc2cccc3c2OCO3)cn1. The molecule has 1 aliphatic rings. The summed E-state index contributed by atoms with van der Waals surface area (Å²) in [6, 6.07) is 5.98. The van der Waals surface area contributed by atoms with Crippen LogP contribution in [0.2, 0.25) is 0 Å². The summed E-state index contributed by atoms with van der Waals surface area (Å²) in [4.78, 5) is 0. The van der Waals surface area contributed by atoms with Gasteiger partial charge in [0, 0.05) is 25.4 Å². The Kier molecular flexibility index (Phi) is 3.37. The van der Waals surface area contributed by atoms with E-state index in [4.69, 9.17) is 9.47 Å². The van der Waals surface area contributed by atoms with Gasteiger partial charge in [-0.3, -0.25) is 4.68 Å². The summed E-state index contributed by atoms with van der Waals surface area (Å²) in [5, 5.41) is 7.57. The molecule has 0 bridgehead atoms. The van der Waals surface area contributed by atoms with Crippen LogP contribution in [0.25, 0.3) is 0 Å². The number of benzene rings is 1. The topological polar surface area (TPSA) is 48.3 Å². The van der Waals surface area contributed by atoms with E-state index in [1.165, 1.54) is 5.56 Å². The van der Waals surface area contributed by atoms with E-state index in [-0.39, 0.29) is 0 Å². The van der Waals surface area contributed by atoms with Gasteiger partial charge in [0.1, 0.15) is 0 Å². The number of aromatic nitrogens is 2. The van der Waals surface area contributed by atoms with Gasteiger partial charge < -0.3 is 14.8 Å². The number of ether oxygens (including phenoxy) is 2. The first-order valence-corrected chi connectivity index (χ1v) is 6.38. The lowest BCUT2D eigenvalue weighted by molar-refractivity contribution is 0.173. The molecule has 2 aromatic rings. The molecule has 100 valence electrons. The van der Waals surface area contributed by atoms with E-state index < -0.39 is 0 Å². The highest BCUT2D eigenvalue weighted by molar-refractivity contribution is 5.48. The third kappa shape index (κ3) is 2.71. The van der Waals surface area contributed by atoms with Crippen LogP contribution in [0.3, 0.4) is 0 Å². The maximum Gasteiger partial charge on any atom is 0.231 e. The lowest BCUT2D eigenvalue weighted by Crippen LogP contribution is -2.16. The van der Waals surface area contributed by atoms with E-state index in [9.17, 15) is 0 Å². The van der Waals surface area contributed by atoms with Crippen LogP contribution >= 0.6 is 0 Å². The molecular formula is C14H17N3O2. The molecule has 5 heteroatoms. The van der Waals surface area contributed by atoms with Crippen molar-refractivity contribution in [2.45, 2.75) is 13.0 Å². The first kappa shape index (κ1) is 12.0. The number of aryl methyl sites for hydroxylation is 1. The van der Waals surface area contributed by atoms with Gasteiger partial charge >= 0.3 is 0 Å². The molecular weight excluding hydrogens is 242 g/mol. The summed E-state index contributed by atoms with van der Waals surface area (Å²) in [6.45, 7) is 2.02. The van der Waals surface area contributed by atoms with Crippen molar-refractivity contribution in [2.24, 2.45) is 7.05 Å². The second kappa shape index (κ2) is 5.32. The second-order valence-corrected chi connectivity index (χ2v) is 4.60. The molecule has 0 saturated heterocycles. The van der Waals surface area contributed by atoms with Crippen molar-refractivity contribution in [3.05, 3.63) is 41.7 Å². The number of rotatable bonds is 5. The van der Waals surface area contributed by atoms with E-state index in [1.807, 2.05) is 36.3 Å². The summed E-state index contributed by atoms with van der Waals surface area (Å²) in [6.07, 6.45) is 4.91. The summed E-state index contributed by atoms with van der Waals surface area (Å²) in [5.74, 6) is 1.71. The zero-order valence-corrected chi connectivity index (χ0v) is 10.9. The minimum Gasteiger partial charge on any atom is -0.454 e. The molecule has 0 aliphatic carbocycles. The van der Waals surface area contributed by atoms with Crippen molar-refractivity contribution < 1.29 is 9.47 Å². The molecule has 19 heavy (non-hydrogen) atoms. The molecule has 3 rings (SSSR count). The highest BCUT2D eigenvalue weighted by Crippen LogP contribution is 2.35. The molecule has 0 fully saturated rings. The summed E-state index contributed by atoms with van der Waals surface area (Å²) >= 11 is 0. The van der Waals surface area contributed by atoms with Gasteiger partial charge in [-0.15, -0.1) is 0 Å². The fourth-order valence-corrected chi connectivity index (χ4v) is 2.19. The Bertz CT molecular complexity index is 566. The first-order valence-electron chi connectivity index (χ1n) is 6.38. The summed E-state index contributed by atoms with van der Waals surface area (Å²) in [7, 11) is 1.93. The van der Waals surface area contributed by atoms with Gasteiger partial charge in [-0.25, -0.2) is 0 Å². The smallest absolute Gasteiger partial charge is 0.231 e. The Balaban J connectivity index is 1.52. The zero-order chi connectivity index (χ0) is 13.1. The normalized spacial score (nSPS) is 12.9. The largest absolute Gasteiger partial charge is 0.454 e. The quantitative estimate of drug-likeness (QED) is 0.826. The minimum absolute atomic E-state index is 0.321. The van der Waals surface area contributed by atoms with Crippen molar-refractivity contribution in [3.63, 3.8) is 0 Å². The predicted molar refractivity (Wildman–Crippen MR) is 71.2 cm³/mol. The Hall–Kier alpha value is -2.01. The van der Waals surface area contributed by atoms with Crippen LogP contribution in [0.1, 0.15) is 11.1 Å². The molecule has 2 heterocycles. The fraction of sp³-hybridized carbons (Fsp3) is 0.357. The number of hydrogen-bond acceptors (Lipinski definition) is 4. The Morgan fingerprint density at radius 1 is 1.37 bits per heavy atom. The van der Waals surface area contributed by atoms with Crippen molar-refractivity contribution in [1.82, 2.24) is 15.1 Å². The van der Waals surface area contributed by atoms with Gasteiger partial charge in [0.25, 0.3) is 0 Å². The number of hydrogen-bond donors (Lipinski definition) is 1. The lowest BCUT2D eigenvalue weighted by Gasteiger charge is -2.07. The van der Waals surface area contributed by atoms with Crippen LogP contribution in [0.4, 0.5) is 0 Å². The predicted octanol–water partition coefficient (Wildman–Crippen LogP) is 1.48. The van der Waals surface area contributed by atoms with Crippen molar-refractivity contribution in [2.75, 3.05) is 13.3 Å². The van der Waals surface area contributed by atoms with Crippen LogP contribution in [0.5, 0.6) is 11.5 Å². The lowest BCUT2D eigenvalue weighted by atomic mass is 10.2. The standard InChI is InChI=1S/C14H17N3O2/c1-17-9-11(7-16-17)5-6-15-8-12-3-2-4-13-14(12)19-10-18-13/h2-4,7,9,15H,5-6,8,10H2,1H3. The van der Waals surface area contributed by atoms with Gasteiger partial charge in [-0.1, -0.05) is 12.1 Å². The van der Waals surface area contributed by atoms with E-state index in [2.05, 4.69) is 16.5 Å². The Labute approximate surface area is 112 Å². The third-order valence-corrected chi connectivity index (χ3v) is 3.14. The molecule has 0 saturated carbocycles. The van der Waals surface area contributed by atoms with Crippen molar-refractivity contribution in [1.29, 1.82) is 0 Å². The highest BCUT2D eigenvalue weighted by atomic mass is 16.7. The molecule has 1 N–H and O–H groups in total.